The summed E-state index contributed by atoms with van der Waals surface area (Å²) in [5, 5.41) is 11.6. The number of aryl methyl sites for hydroxylation is 3. The topological polar surface area (TPSA) is 60.6 Å². The van der Waals surface area contributed by atoms with E-state index in [2.05, 4.69) is 46.0 Å². The second-order valence-electron chi connectivity index (χ2n) is 4.90. The van der Waals surface area contributed by atoms with Crippen molar-refractivity contribution in [2.75, 3.05) is 0 Å². The van der Waals surface area contributed by atoms with Crippen LogP contribution in [-0.2, 0) is 26.1 Å². The van der Waals surface area contributed by atoms with Gasteiger partial charge >= 0.3 is 0 Å². The van der Waals surface area contributed by atoms with Crippen LogP contribution in [0.25, 0.3) is 0 Å². The molecular formula is C13H22N6. The first-order valence-electron chi connectivity index (χ1n) is 6.81. The fourth-order valence-electron chi connectivity index (χ4n) is 1.91. The molecule has 0 radical (unpaired) electrons. The van der Waals surface area contributed by atoms with Crippen LogP contribution in [-0.4, -0.2) is 30.6 Å². The molecule has 1 N–H and O–H groups in total. The fourth-order valence-corrected chi connectivity index (χ4v) is 1.91. The van der Waals surface area contributed by atoms with E-state index in [9.17, 15) is 0 Å². The van der Waals surface area contributed by atoms with Crippen LogP contribution < -0.4 is 5.32 Å². The highest BCUT2D eigenvalue weighted by molar-refractivity contribution is 4.93. The summed E-state index contributed by atoms with van der Waals surface area (Å²) in [6, 6.07) is 0.461. The highest BCUT2D eigenvalue weighted by Crippen LogP contribution is 2.00. The van der Waals surface area contributed by atoms with Gasteiger partial charge in [0, 0.05) is 44.1 Å². The van der Waals surface area contributed by atoms with Gasteiger partial charge in [0.15, 0.2) is 0 Å². The summed E-state index contributed by atoms with van der Waals surface area (Å²) in [4.78, 5) is 4.31. The Kier molecular flexibility index (Phi) is 4.68. The van der Waals surface area contributed by atoms with Gasteiger partial charge in [-0.15, -0.1) is 5.10 Å². The van der Waals surface area contributed by atoms with Gasteiger partial charge < -0.3 is 9.88 Å². The maximum absolute atomic E-state index is 4.31. The summed E-state index contributed by atoms with van der Waals surface area (Å²) < 4.78 is 4.05. The molecule has 0 aliphatic carbocycles. The average Bonchev–Trinajstić information content (AvgIpc) is 3.02. The third-order valence-corrected chi connectivity index (χ3v) is 2.97. The highest BCUT2D eigenvalue weighted by atomic mass is 15.4. The lowest BCUT2D eigenvalue weighted by Crippen LogP contribution is -2.21. The molecule has 6 heteroatoms. The molecule has 104 valence electrons. The fraction of sp³-hybridized carbons (Fsp3) is 0.615. The first kappa shape index (κ1) is 13.7. The van der Waals surface area contributed by atoms with Crippen LogP contribution in [0.4, 0.5) is 0 Å². The zero-order chi connectivity index (χ0) is 13.7. The summed E-state index contributed by atoms with van der Waals surface area (Å²) >= 11 is 0. The van der Waals surface area contributed by atoms with E-state index in [1.165, 1.54) is 0 Å². The van der Waals surface area contributed by atoms with Crippen molar-refractivity contribution in [3.63, 3.8) is 0 Å². The minimum absolute atomic E-state index is 0.461. The normalized spacial score (nSPS) is 11.4. The number of hydrogen-bond acceptors (Lipinski definition) is 4. The summed E-state index contributed by atoms with van der Waals surface area (Å²) in [7, 11) is 0. The van der Waals surface area contributed by atoms with Crippen LogP contribution in [0.3, 0.4) is 0 Å². The molecule has 0 unspecified atom stereocenters. The Morgan fingerprint density at radius 2 is 2.16 bits per heavy atom. The minimum atomic E-state index is 0.461. The Hall–Kier alpha value is -1.69. The van der Waals surface area contributed by atoms with Gasteiger partial charge in [-0.05, 0) is 0 Å². The van der Waals surface area contributed by atoms with Crippen molar-refractivity contribution in [3.05, 3.63) is 30.1 Å². The molecule has 0 saturated heterocycles. The molecule has 0 bridgehead atoms. The maximum atomic E-state index is 4.31. The van der Waals surface area contributed by atoms with Gasteiger partial charge in [0.05, 0.1) is 12.2 Å². The smallest absolute Gasteiger partial charge is 0.108 e. The summed E-state index contributed by atoms with van der Waals surface area (Å²) in [5.74, 6) is 1.11. The number of aromatic nitrogens is 5. The lowest BCUT2D eigenvalue weighted by atomic mass is 10.3. The zero-order valence-corrected chi connectivity index (χ0v) is 11.9. The van der Waals surface area contributed by atoms with Crippen LogP contribution in [0.1, 0.15) is 32.3 Å². The Morgan fingerprint density at radius 3 is 2.89 bits per heavy atom. The van der Waals surface area contributed by atoms with Crippen molar-refractivity contribution in [2.24, 2.45) is 0 Å². The number of rotatable bonds is 7. The second-order valence-corrected chi connectivity index (χ2v) is 4.90. The van der Waals surface area contributed by atoms with E-state index in [4.69, 9.17) is 0 Å². The largest absolute Gasteiger partial charge is 0.333 e. The lowest BCUT2D eigenvalue weighted by molar-refractivity contribution is 0.509. The van der Waals surface area contributed by atoms with Gasteiger partial charge in [0.2, 0.25) is 0 Å². The number of imidazole rings is 1. The molecule has 2 aromatic heterocycles. The van der Waals surface area contributed by atoms with Crippen molar-refractivity contribution >= 4 is 0 Å². The SMILES string of the molecule is CCc1nccn1CCn1cc(CNC(C)C)nn1. The van der Waals surface area contributed by atoms with Crippen LogP contribution in [0.5, 0.6) is 0 Å². The molecule has 0 spiro atoms. The van der Waals surface area contributed by atoms with Crippen molar-refractivity contribution in [3.8, 4) is 0 Å². The molecule has 0 aliphatic heterocycles. The summed E-state index contributed by atoms with van der Waals surface area (Å²) in [6.07, 6.45) is 6.81. The van der Waals surface area contributed by atoms with E-state index in [0.29, 0.717) is 6.04 Å². The van der Waals surface area contributed by atoms with E-state index in [1.807, 2.05) is 23.3 Å². The van der Waals surface area contributed by atoms with Crippen LogP contribution in [0.2, 0.25) is 0 Å². The minimum Gasteiger partial charge on any atom is -0.333 e. The maximum Gasteiger partial charge on any atom is 0.108 e. The Labute approximate surface area is 113 Å². The second kappa shape index (κ2) is 6.47. The lowest BCUT2D eigenvalue weighted by Gasteiger charge is -2.06. The van der Waals surface area contributed by atoms with Crippen molar-refractivity contribution < 1.29 is 0 Å². The van der Waals surface area contributed by atoms with Crippen molar-refractivity contribution in [1.82, 2.24) is 29.9 Å². The van der Waals surface area contributed by atoms with Crippen molar-refractivity contribution in [1.29, 1.82) is 0 Å². The van der Waals surface area contributed by atoms with Gasteiger partial charge in [-0.25, -0.2) is 4.98 Å². The Morgan fingerprint density at radius 1 is 1.32 bits per heavy atom. The molecular weight excluding hydrogens is 240 g/mol. The molecule has 0 aromatic carbocycles. The molecule has 0 aliphatic rings. The third-order valence-electron chi connectivity index (χ3n) is 2.97. The van der Waals surface area contributed by atoms with Gasteiger partial charge in [0.25, 0.3) is 0 Å². The average molecular weight is 262 g/mol. The van der Waals surface area contributed by atoms with Crippen LogP contribution in [0.15, 0.2) is 18.6 Å². The Balaban J connectivity index is 1.86. The standard InChI is InChI=1S/C13H22N6/c1-4-13-14-5-6-18(13)7-8-19-10-12(16-17-19)9-15-11(2)3/h5-6,10-11,15H,4,7-9H2,1-3H3. The molecule has 2 rings (SSSR count). The number of nitrogens with one attached hydrogen (secondary N) is 1. The molecule has 0 atom stereocenters. The summed E-state index contributed by atoms with van der Waals surface area (Å²) in [5.41, 5.74) is 0.982. The third kappa shape index (κ3) is 3.89. The molecule has 2 aromatic rings. The first-order valence-corrected chi connectivity index (χ1v) is 6.81. The van der Waals surface area contributed by atoms with E-state index < -0.39 is 0 Å². The Bertz CT molecular complexity index is 499. The van der Waals surface area contributed by atoms with E-state index in [-0.39, 0.29) is 0 Å². The van der Waals surface area contributed by atoms with E-state index >= 15 is 0 Å². The zero-order valence-electron chi connectivity index (χ0n) is 11.9. The van der Waals surface area contributed by atoms with Crippen LogP contribution in [0, 0.1) is 0 Å². The van der Waals surface area contributed by atoms with E-state index in [0.717, 1.165) is 37.6 Å². The predicted octanol–water partition coefficient (Wildman–Crippen LogP) is 1.24. The molecule has 6 nitrogen and oxygen atoms in total. The van der Waals surface area contributed by atoms with Gasteiger partial charge in [-0.2, -0.15) is 0 Å². The van der Waals surface area contributed by atoms with E-state index in [1.54, 1.807) is 0 Å². The van der Waals surface area contributed by atoms with Gasteiger partial charge in [-0.1, -0.05) is 26.0 Å². The van der Waals surface area contributed by atoms with Gasteiger partial charge in [-0.3, -0.25) is 4.68 Å². The van der Waals surface area contributed by atoms with Crippen molar-refractivity contribution in [2.45, 2.75) is 52.9 Å². The first-order chi connectivity index (χ1) is 9.19. The predicted molar refractivity (Wildman–Crippen MR) is 73.6 cm³/mol. The molecule has 0 saturated carbocycles. The molecule has 0 amide bonds. The number of nitrogens with zero attached hydrogens (tertiary/aromatic N) is 5. The quantitative estimate of drug-likeness (QED) is 0.815. The monoisotopic (exact) mass is 262 g/mol. The molecule has 0 fully saturated rings. The van der Waals surface area contributed by atoms with Gasteiger partial charge in [0.1, 0.15) is 5.82 Å². The summed E-state index contributed by atoms with van der Waals surface area (Å²) in [6.45, 7) is 8.82. The van der Waals surface area contributed by atoms with Crippen LogP contribution >= 0.6 is 0 Å². The highest BCUT2D eigenvalue weighted by Gasteiger charge is 2.03. The molecule has 19 heavy (non-hydrogen) atoms. The number of hydrogen-bond donors (Lipinski definition) is 1. The molecule has 2 heterocycles.